The van der Waals surface area contributed by atoms with Crippen molar-refractivity contribution in [1.82, 2.24) is 10.3 Å². The first-order chi connectivity index (χ1) is 10.8. The molecule has 0 saturated heterocycles. The molecule has 124 valence electrons. The van der Waals surface area contributed by atoms with Crippen molar-refractivity contribution in [2.24, 2.45) is 0 Å². The van der Waals surface area contributed by atoms with Crippen LogP contribution >= 0.6 is 11.3 Å². The second-order valence-corrected chi connectivity index (χ2v) is 6.12. The summed E-state index contributed by atoms with van der Waals surface area (Å²) in [6.45, 7) is 3.70. The van der Waals surface area contributed by atoms with Crippen LogP contribution < -0.4 is 10.1 Å². The van der Waals surface area contributed by atoms with Crippen molar-refractivity contribution in [2.75, 3.05) is 6.61 Å². The number of hydrogen-bond acceptors (Lipinski definition) is 4. The predicted octanol–water partition coefficient (Wildman–Crippen LogP) is 3.47. The zero-order valence-corrected chi connectivity index (χ0v) is 13.3. The number of halogens is 3. The van der Waals surface area contributed by atoms with Gasteiger partial charge in [-0.3, -0.25) is 4.79 Å². The average Bonchev–Trinajstić information content (AvgIpc) is 2.80. The molecule has 2 rings (SSSR count). The van der Waals surface area contributed by atoms with Crippen molar-refractivity contribution < 1.29 is 22.7 Å². The Kier molecular flexibility index (Phi) is 5.25. The summed E-state index contributed by atoms with van der Waals surface area (Å²) in [5.74, 6) is -0.410. The summed E-state index contributed by atoms with van der Waals surface area (Å²) in [5, 5.41) is 3.56. The Morgan fingerprint density at radius 2 is 2.09 bits per heavy atom. The minimum absolute atomic E-state index is 0.000194. The molecule has 0 spiro atoms. The van der Waals surface area contributed by atoms with Crippen LogP contribution in [0.15, 0.2) is 24.3 Å². The number of benzene rings is 1. The number of carbonyl (C=O) groups excluding carboxylic acids is 1. The minimum Gasteiger partial charge on any atom is -0.484 e. The Morgan fingerprint density at radius 1 is 1.35 bits per heavy atom. The van der Waals surface area contributed by atoms with Gasteiger partial charge in [-0.2, -0.15) is 13.2 Å². The molecule has 0 radical (unpaired) electrons. The van der Waals surface area contributed by atoms with E-state index in [9.17, 15) is 18.0 Å². The molecule has 0 atom stereocenters. The first kappa shape index (κ1) is 17.3. The maximum absolute atomic E-state index is 12.6. The molecule has 0 saturated carbocycles. The van der Waals surface area contributed by atoms with Crippen LogP contribution in [-0.2, 0) is 17.5 Å². The molecule has 1 heterocycles. The van der Waals surface area contributed by atoms with Crippen LogP contribution in [0.5, 0.6) is 5.75 Å². The number of nitrogens with one attached hydrogen (secondary N) is 1. The molecule has 1 N–H and O–H groups in total. The second-order valence-electron chi connectivity index (χ2n) is 4.83. The van der Waals surface area contributed by atoms with Gasteiger partial charge in [-0.05, 0) is 32.0 Å². The molecule has 0 aliphatic carbocycles. The summed E-state index contributed by atoms with van der Waals surface area (Å²) in [4.78, 5) is 16.9. The summed E-state index contributed by atoms with van der Waals surface area (Å²) in [5.41, 5.74) is 0.0396. The fourth-order valence-corrected chi connectivity index (χ4v) is 2.76. The highest BCUT2D eigenvalue weighted by Crippen LogP contribution is 2.31. The van der Waals surface area contributed by atoms with Gasteiger partial charge in [0.2, 0.25) is 0 Å². The Bertz CT molecular complexity index is 698. The van der Waals surface area contributed by atoms with E-state index in [-0.39, 0.29) is 12.4 Å². The lowest BCUT2D eigenvalue weighted by Crippen LogP contribution is -2.28. The smallest absolute Gasteiger partial charge is 0.416 e. The van der Waals surface area contributed by atoms with E-state index in [4.69, 9.17) is 4.74 Å². The van der Waals surface area contributed by atoms with Crippen LogP contribution in [0.25, 0.3) is 0 Å². The maximum Gasteiger partial charge on any atom is 0.416 e. The molecule has 0 bridgehead atoms. The second kappa shape index (κ2) is 6.99. The zero-order valence-electron chi connectivity index (χ0n) is 12.5. The SMILES string of the molecule is Cc1nc(C)c(CNC(=O)COc2cccc(C(F)(F)F)c2)s1. The van der Waals surface area contributed by atoms with E-state index >= 15 is 0 Å². The number of alkyl halides is 3. The Morgan fingerprint density at radius 3 is 2.70 bits per heavy atom. The van der Waals surface area contributed by atoms with Gasteiger partial charge >= 0.3 is 6.18 Å². The number of ether oxygens (including phenoxy) is 1. The van der Waals surface area contributed by atoms with Gasteiger partial charge < -0.3 is 10.1 Å². The number of nitrogens with zero attached hydrogens (tertiary/aromatic N) is 1. The number of amides is 1. The fourth-order valence-electron chi connectivity index (χ4n) is 1.88. The summed E-state index contributed by atoms with van der Waals surface area (Å²) in [7, 11) is 0. The standard InChI is InChI=1S/C15H15F3N2O2S/c1-9-13(23-10(2)20-9)7-19-14(21)8-22-12-5-3-4-11(6-12)15(16,17)18/h3-6H,7-8H2,1-2H3,(H,19,21). The average molecular weight is 344 g/mol. The van der Waals surface area contributed by atoms with Crippen molar-refractivity contribution in [2.45, 2.75) is 26.6 Å². The van der Waals surface area contributed by atoms with Gasteiger partial charge in [0.1, 0.15) is 5.75 Å². The highest BCUT2D eigenvalue weighted by atomic mass is 32.1. The lowest BCUT2D eigenvalue weighted by molar-refractivity contribution is -0.137. The van der Waals surface area contributed by atoms with Crippen molar-refractivity contribution in [3.63, 3.8) is 0 Å². The van der Waals surface area contributed by atoms with Crippen molar-refractivity contribution in [3.8, 4) is 5.75 Å². The van der Waals surface area contributed by atoms with E-state index in [1.54, 1.807) is 0 Å². The van der Waals surface area contributed by atoms with E-state index in [0.29, 0.717) is 6.54 Å². The maximum atomic E-state index is 12.6. The number of hydrogen-bond donors (Lipinski definition) is 1. The topological polar surface area (TPSA) is 51.2 Å². The van der Waals surface area contributed by atoms with Crippen LogP contribution in [0, 0.1) is 13.8 Å². The van der Waals surface area contributed by atoms with E-state index in [1.165, 1.54) is 23.5 Å². The molecule has 1 aromatic heterocycles. The highest BCUT2D eigenvalue weighted by molar-refractivity contribution is 7.11. The molecule has 23 heavy (non-hydrogen) atoms. The summed E-state index contributed by atoms with van der Waals surface area (Å²) < 4.78 is 42.8. The number of aryl methyl sites for hydroxylation is 2. The summed E-state index contributed by atoms with van der Waals surface area (Å²) in [6.07, 6.45) is -4.44. The lowest BCUT2D eigenvalue weighted by atomic mass is 10.2. The van der Waals surface area contributed by atoms with Gasteiger partial charge in [-0.1, -0.05) is 6.07 Å². The molecule has 0 aliphatic rings. The third kappa shape index (κ3) is 4.95. The molecule has 1 aromatic carbocycles. The van der Waals surface area contributed by atoms with Crippen molar-refractivity contribution in [1.29, 1.82) is 0 Å². The minimum atomic E-state index is -4.44. The Hall–Kier alpha value is -2.09. The molecular formula is C15H15F3N2O2S. The zero-order chi connectivity index (χ0) is 17.0. The van der Waals surface area contributed by atoms with Crippen molar-refractivity contribution in [3.05, 3.63) is 45.4 Å². The molecule has 2 aromatic rings. The van der Waals surface area contributed by atoms with Crippen LogP contribution in [-0.4, -0.2) is 17.5 Å². The molecule has 1 amide bonds. The summed E-state index contributed by atoms with van der Waals surface area (Å²) >= 11 is 1.48. The molecule has 0 aliphatic heterocycles. The van der Waals surface area contributed by atoms with Gasteiger partial charge in [0.05, 0.1) is 22.8 Å². The number of aromatic nitrogens is 1. The Labute approximate surface area is 135 Å². The Balaban J connectivity index is 1.86. The van der Waals surface area contributed by atoms with Crippen molar-refractivity contribution >= 4 is 17.2 Å². The molecule has 4 nitrogen and oxygen atoms in total. The van der Waals surface area contributed by atoms with Gasteiger partial charge in [0.15, 0.2) is 6.61 Å². The number of thiazole rings is 1. The molecular weight excluding hydrogens is 329 g/mol. The predicted molar refractivity (Wildman–Crippen MR) is 80.4 cm³/mol. The molecule has 8 heteroatoms. The van der Waals surface area contributed by atoms with Crippen LogP contribution in [0.3, 0.4) is 0 Å². The summed E-state index contributed by atoms with van der Waals surface area (Å²) in [6, 6.07) is 4.42. The van der Waals surface area contributed by atoms with E-state index in [0.717, 1.165) is 27.7 Å². The number of rotatable bonds is 5. The number of carbonyl (C=O) groups is 1. The molecule has 0 fully saturated rings. The highest BCUT2D eigenvalue weighted by Gasteiger charge is 2.30. The first-order valence-corrected chi connectivity index (χ1v) is 7.57. The van der Waals surface area contributed by atoms with Gasteiger partial charge in [-0.25, -0.2) is 4.98 Å². The quantitative estimate of drug-likeness (QED) is 0.904. The van der Waals surface area contributed by atoms with E-state index < -0.39 is 17.6 Å². The van der Waals surface area contributed by atoms with Gasteiger partial charge in [0.25, 0.3) is 5.91 Å². The van der Waals surface area contributed by atoms with Gasteiger partial charge in [0, 0.05) is 4.88 Å². The third-order valence-electron chi connectivity index (χ3n) is 2.98. The van der Waals surface area contributed by atoms with Crippen LogP contribution in [0.1, 0.15) is 21.1 Å². The largest absolute Gasteiger partial charge is 0.484 e. The lowest BCUT2D eigenvalue weighted by Gasteiger charge is -2.10. The fraction of sp³-hybridized carbons (Fsp3) is 0.333. The van der Waals surface area contributed by atoms with E-state index in [1.807, 2.05) is 13.8 Å². The third-order valence-corrected chi connectivity index (χ3v) is 4.05. The van der Waals surface area contributed by atoms with E-state index in [2.05, 4.69) is 10.3 Å². The van der Waals surface area contributed by atoms with Crippen LogP contribution in [0.2, 0.25) is 0 Å². The first-order valence-electron chi connectivity index (χ1n) is 6.75. The normalized spacial score (nSPS) is 11.3. The molecule has 0 unspecified atom stereocenters. The van der Waals surface area contributed by atoms with Gasteiger partial charge in [-0.15, -0.1) is 11.3 Å². The van der Waals surface area contributed by atoms with Crippen LogP contribution in [0.4, 0.5) is 13.2 Å². The monoisotopic (exact) mass is 344 g/mol.